The summed E-state index contributed by atoms with van der Waals surface area (Å²) in [5.41, 5.74) is 6.44. The van der Waals surface area contributed by atoms with Crippen molar-refractivity contribution >= 4 is 23.2 Å². The van der Waals surface area contributed by atoms with Crippen LogP contribution in [-0.2, 0) is 13.0 Å². The molecule has 0 atom stereocenters. The summed E-state index contributed by atoms with van der Waals surface area (Å²) in [6.45, 7) is 0.263. The second kappa shape index (κ2) is 7.07. The number of halogens is 4. The van der Waals surface area contributed by atoms with Crippen molar-refractivity contribution in [2.24, 2.45) is 5.73 Å². The minimum Gasteiger partial charge on any atom is -0.483 e. The van der Waals surface area contributed by atoms with Gasteiger partial charge in [0.15, 0.2) is 17.4 Å². The Kier molecular flexibility index (Phi) is 5.39. The lowest BCUT2D eigenvalue weighted by molar-refractivity contribution is 0.274. The second-order valence-corrected chi connectivity index (χ2v) is 5.30. The first-order chi connectivity index (χ1) is 10.0. The minimum atomic E-state index is -0.761. The highest BCUT2D eigenvalue weighted by molar-refractivity contribution is 6.35. The normalized spacial score (nSPS) is 10.7. The van der Waals surface area contributed by atoms with Crippen molar-refractivity contribution < 1.29 is 13.5 Å². The molecule has 0 heterocycles. The van der Waals surface area contributed by atoms with Gasteiger partial charge in [0.2, 0.25) is 0 Å². The lowest BCUT2D eigenvalue weighted by Crippen LogP contribution is -2.05. The molecule has 21 heavy (non-hydrogen) atoms. The topological polar surface area (TPSA) is 35.2 Å². The van der Waals surface area contributed by atoms with E-state index in [2.05, 4.69) is 0 Å². The van der Waals surface area contributed by atoms with Gasteiger partial charge in [0, 0.05) is 15.6 Å². The first-order valence-corrected chi connectivity index (χ1v) is 7.01. The number of rotatable bonds is 5. The van der Waals surface area contributed by atoms with E-state index in [0.717, 1.165) is 0 Å². The van der Waals surface area contributed by atoms with Crippen LogP contribution in [0.1, 0.15) is 11.1 Å². The molecular weight excluding hydrogens is 319 g/mol. The lowest BCUT2D eigenvalue weighted by Gasteiger charge is -2.11. The molecule has 2 N–H and O–H groups in total. The Morgan fingerprint density at radius 1 is 1.05 bits per heavy atom. The molecule has 0 aliphatic rings. The number of ether oxygens (including phenoxy) is 1. The van der Waals surface area contributed by atoms with Gasteiger partial charge in [0.1, 0.15) is 6.61 Å². The maximum atomic E-state index is 13.8. The van der Waals surface area contributed by atoms with Gasteiger partial charge in [0.25, 0.3) is 0 Å². The highest BCUT2D eigenvalue weighted by Crippen LogP contribution is 2.27. The average molecular weight is 332 g/mol. The van der Waals surface area contributed by atoms with Gasteiger partial charge in [-0.3, -0.25) is 0 Å². The molecule has 0 aromatic heterocycles. The fourth-order valence-electron chi connectivity index (χ4n) is 1.85. The monoisotopic (exact) mass is 331 g/mol. The van der Waals surface area contributed by atoms with Crippen molar-refractivity contribution in [2.45, 2.75) is 13.0 Å². The van der Waals surface area contributed by atoms with E-state index in [0.29, 0.717) is 34.1 Å². The molecule has 2 rings (SSSR count). The first kappa shape index (κ1) is 16.0. The molecular formula is C15H13Cl2F2NO. The fraction of sp³-hybridized carbons (Fsp3) is 0.200. The van der Waals surface area contributed by atoms with Crippen molar-refractivity contribution in [3.05, 3.63) is 63.1 Å². The predicted molar refractivity (Wildman–Crippen MR) is 79.9 cm³/mol. The Morgan fingerprint density at radius 3 is 2.29 bits per heavy atom. The van der Waals surface area contributed by atoms with Crippen LogP contribution in [0.3, 0.4) is 0 Å². The van der Waals surface area contributed by atoms with Crippen LogP contribution in [0.25, 0.3) is 0 Å². The van der Waals surface area contributed by atoms with Crippen LogP contribution in [0.5, 0.6) is 5.75 Å². The molecule has 0 spiro atoms. The highest BCUT2D eigenvalue weighted by Gasteiger charge is 2.13. The first-order valence-electron chi connectivity index (χ1n) is 6.26. The number of nitrogens with two attached hydrogens (primary N) is 1. The van der Waals surface area contributed by atoms with Crippen molar-refractivity contribution in [3.63, 3.8) is 0 Å². The fourth-order valence-corrected chi connectivity index (χ4v) is 2.31. The zero-order chi connectivity index (χ0) is 15.4. The van der Waals surface area contributed by atoms with Gasteiger partial charge in [-0.2, -0.15) is 0 Å². The summed E-state index contributed by atoms with van der Waals surface area (Å²) in [6.07, 6.45) is 0.400. The third kappa shape index (κ3) is 4.06. The second-order valence-electron chi connectivity index (χ2n) is 4.45. The van der Waals surface area contributed by atoms with Gasteiger partial charge >= 0.3 is 0 Å². The number of benzene rings is 2. The molecule has 0 amide bonds. The number of hydrogen-bond donors (Lipinski definition) is 1. The molecule has 2 aromatic rings. The van der Waals surface area contributed by atoms with E-state index in [1.165, 1.54) is 12.1 Å². The summed E-state index contributed by atoms with van der Waals surface area (Å²) in [6, 6.07) is 7.24. The number of hydrogen-bond acceptors (Lipinski definition) is 2. The van der Waals surface area contributed by atoms with E-state index in [4.69, 9.17) is 33.7 Å². The van der Waals surface area contributed by atoms with E-state index in [1.807, 2.05) is 0 Å². The Bertz CT molecular complexity index is 627. The van der Waals surface area contributed by atoms with Crippen LogP contribution in [0, 0.1) is 11.6 Å². The molecule has 2 nitrogen and oxygen atoms in total. The van der Waals surface area contributed by atoms with Crippen molar-refractivity contribution in [1.29, 1.82) is 0 Å². The summed E-state index contributed by atoms with van der Waals surface area (Å²) in [5.74, 6) is -1.95. The van der Waals surface area contributed by atoms with Gasteiger partial charge in [0.05, 0.1) is 0 Å². The van der Waals surface area contributed by atoms with Crippen LogP contribution in [0.15, 0.2) is 30.3 Å². The Labute approximate surface area is 131 Å². The summed E-state index contributed by atoms with van der Waals surface area (Å²) in [7, 11) is 0. The van der Waals surface area contributed by atoms with Crippen LogP contribution in [0.4, 0.5) is 8.78 Å². The molecule has 0 unspecified atom stereocenters. The molecule has 0 aliphatic carbocycles. The van der Waals surface area contributed by atoms with E-state index < -0.39 is 17.4 Å². The predicted octanol–water partition coefficient (Wildman–Crippen LogP) is 4.35. The average Bonchev–Trinajstić information content (AvgIpc) is 2.40. The standard InChI is InChI=1S/C15H13Cl2F2NO/c16-11-2-1-10(12(17)7-11)8-21-15-13(18)5-9(3-4-20)6-14(15)19/h1-2,5-7H,3-4,8,20H2. The SMILES string of the molecule is NCCc1cc(F)c(OCc2ccc(Cl)cc2Cl)c(F)c1. The van der Waals surface area contributed by atoms with E-state index in [1.54, 1.807) is 18.2 Å². The minimum absolute atomic E-state index is 0.0555. The summed E-state index contributed by atoms with van der Waals surface area (Å²) in [4.78, 5) is 0. The van der Waals surface area contributed by atoms with Crippen molar-refractivity contribution in [1.82, 2.24) is 0 Å². The van der Waals surface area contributed by atoms with Crippen LogP contribution in [0.2, 0.25) is 10.0 Å². The van der Waals surface area contributed by atoms with Crippen molar-refractivity contribution in [3.8, 4) is 5.75 Å². The third-order valence-corrected chi connectivity index (χ3v) is 3.47. The van der Waals surface area contributed by atoms with E-state index >= 15 is 0 Å². The third-order valence-electron chi connectivity index (χ3n) is 2.88. The van der Waals surface area contributed by atoms with Gasteiger partial charge in [-0.15, -0.1) is 0 Å². The Balaban J connectivity index is 2.16. The molecule has 0 saturated heterocycles. The Morgan fingerprint density at radius 2 is 1.71 bits per heavy atom. The van der Waals surface area contributed by atoms with E-state index in [-0.39, 0.29) is 6.61 Å². The summed E-state index contributed by atoms with van der Waals surface area (Å²) in [5, 5.41) is 0.857. The summed E-state index contributed by atoms with van der Waals surface area (Å²) < 4.78 is 32.9. The molecule has 0 aliphatic heterocycles. The lowest BCUT2D eigenvalue weighted by atomic mass is 10.1. The van der Waals surface area contributed by atoms with Gasteiger partial charge < -0.3 is 10.5 Å². The van der Waals surface area contributed by atoms with E-state index in [9.17, 15) is 8.78 Å². The largest absolute Gasteiger partial charge is 0.483 e. The molecule has 0 bridgehead atoms. The van der Waals surface area contributed by atoms with Gasteiger partial charge in [-0.25, -0.2) is 8.78 Å². The summed E-state index contributed by atoms with van der Waals surface area (Å²) >= 11 is 11.8. The molecule has 6 heteroatoms. The maximum absolute atomic E-state index is 13.8. The van der Waals surface area contributed by atoms with Crippen LogP contribution < -0.4 is 10.5 Å². The van der Waals surface area contributed by atoms with Crippen LogP contribution in [-0.4, -0.2) is 6.54 Å². The zero-order valence-corrected chi connectivity index (χ0v) is 12.5. The highest BCUT2D eigenvalue weighted by atomic mass is 35.5. The van der Waals surface area contributed by atoms with Gasteiger partial charge in [-0.1, -0.05) is 29.3 Å². The molecule has 0 radical (unpaired) electrons. The van der Waals surface area contributed by atoms with Crippen molar-refractivity contribution in [2.75, 3.05) is 6.54 Å². The van der Waals surface area contributed by atoms with Crippen LogP contribution >= 0.6 is 23.2 Å². The smallest absolute Gasteiger partial charge is 0.191 e. The molecule has 0 saturated carbocycles. The molecule has 2 aromatic carbocycles. The van der Waals surface area contributed by atoms with Gasteiger partial charge in [-0.05, 0) is 42.8 Å². The zero-order valence-electron chi connectivity index (χ0n) is 11.0. The molecule has 0 fully saturated rings. The molecule has 112 valence electrons. The Hall–Kier alpha value is -1.36. The quantitative estimate of drug-likeness (QED) is 0.883. The maximum Gasteiger partial charge on any atom is 0.191 e.